The smallest absolute Gasteiger partial charge is 0.303 e. The number of rotatable bonds is 10. The third-order valence-corrected chi connectivity index (χ3v) is 6.52. The molecular formula is C29H30BrN3O3. The van der Waals surface area contributed by atoms with Gasteiger partial charge in [0.2, 0.25) is 0 Å². The summed E-state index contributed by atoms with van der Waals surface area (Å²) in [6.07, 6.45) is 2.48. The maximum absolute atomic E-state index is 11.1. The van der Waals surface area contributed by atoms with Crippen LogP contribution >= 0.6 is 15.9 Å². The van der Waals surface area contributed by atoms with Crippen LogP contribution in [0.15, 0.2) is 76.2 Å². The number of nitrogens with one attached hydrogen (secondary N) is 1. The van der Waals surface area contributed by atoms with Crippen molar-refractivity contribution in [1.82, 2.24) is 9.88 Å². The number of hydrogen-bond acceptors (Lipinski definition) is 4. The summed E-state index contributed by atoms with van der Waals surface area (Å²) in [5.41, 5.74) is 5.77. The molecule has 4 rings (SSSR count). The first kappa shape index (κ1) is 25.7. The second-order valence-corrected chi connectivity index (χ2v) is 10.1. The van der Waals surface area contributed by atoms with Gasteiger partial charge in [-0.05, 0) is 81.4 Å². The molecule has 1 aromatic heterocycles. The predicted octanol–water partition coefficient (Wildman–Crippen LogP) is 6.32. The summed E-state index contributed by atoms with van der Waals surface area (Å²) < 4.78 is 0.905. The third-order valence-electron chi connectivity index (χ3n) is 6.03. The number of aromatic nitrogens is 1. The molecule has 7 heteroatoms. The quantitative estimate of drug-likeness (QED) is 0.203. The number of nitrogens with zero attached hydrogens (tertiary/aromatic N) is 2. The largest absolute Gasteiger partial charge is 0.494 e. The van der Waals surface area contributed by atoms with E-state index in [0.717, 1.165) is 51.6 Å². The lowest BCUT2D eigenvalue weighted by Crippen LogP contribution is -2.13. The SMILES string of the molecule is CN(C)CCCc1cccc(N=C(c2cccc(CCC(=O)O)c2)c2c(O)[nH]c3cc(Br)ccc23)c1. The fourth-order valence-electron chi connectivity index (χ4n) is 4.30. The Morgan fingerprint density at radius 3 is 2.50 bits per heavy atom. The lowest BCUT2D eigenvalue weighted by molar-refractivity contribution is -0.136. The normalized spacial score (nSPS) is 11.9. The van der Waals surface area contributed by atoms with Gasteiger partial charge in [-0.15, -0.1) is 0 Å². The summed E-state index contributed by atoms with van der Waals surface area (Å²) in [6.45, 7) is 1.01. The first-order valence-electron chi connectivity index (χ1n) is 11.9. The van der Waals surface area contributed by atoms with E-state index >= 15 is 0 Å². The van der Waals surface area contributed by atoms with E-state index in [2.05, 4.69) is 52.0 Å². The molecule has 0 radical (unpaired) electrons. The van der Waals surface area contributed by atoms with Crippen LogP contribution in [-0.2, 0) is 17.6 Å². The fourth-order valence-corrected chi connectivity index (χ4v) is 4.66. The van der Waals surface area contributed by atoms with E-state index in [1.54, 1.807) is 0 Å². The Hall–Kier alpha value is -3.42. The van der Waals surface area contributed by atoms with Crippen LogP contribution < -0.4 is 0 Å². The Labute approximate surface area is 219 Å². The van der Waals surface area contributed by atoms with E-state index in [-0.39, 0.29) is 12.3 Å². The molecule has 0 fully saturated rings. The first-order chi connectivity index (χ1) is 17.3. The van der Waals surface area contributed by atoms with E-state index in [0.29, 0.717) is 17.7 Å². The fraction of sp³-hybridized carbons (Fsp3) is 0.241. The molecule has 0 bridgehead atoms. The Morgan fingerprint density at radius 2 is 1.75 bits per heavy atom. The molecule has 0 spiro atoms. The van der Waals surface area contributed by atoms with Crippen LogP contribution in [0.3, 0.4) is 0 Å². The summed E-state index contributed by atoms with van der Waals surface area (Å²) in [7, 11) is 4.15. The zero-order valence-electron chi connectivity index (χ0n) is 20.5. The summed E-state index contributed by atoms with van der Waals surface area (Å²) >= 11 is 3.49. The molecule has 3 N–H and O–H groups in total. The Morgan fingerprint density at radius 1 is 1.00 bits per heavy atom. The first-order valence-corrected chi connectivity index (χ1v) is 12.7. The third kappa shape index (κ3) is 6.42. The minimum absolute atomic E-state index is 0.0416. The van der Waals surface area contributed by atoms with Crippen molar-refractivity contribution in [2.45, 2.75) is 25.7 Å². The van der Waals surface area contributed by atoms with Crippen molar-refractivity contribution >= 4 is 44.2 Å². The van der Waals surface area contributed by atoms with Gasteiger partial charge in [0.1, 0.15) is 0 Å². The number of benzene rings is 3. The van der Waals surface area contributed by atoms with Crippen molar-refractivity contribution in [3.63, 3.8) is 0 Å². The number of H-pyrrole nitrogens is 1. The highest BCUT2D eigenvalue weighted by atomic mass is 79.9. The lowest BCUT2D eigenvalue weighted by Gasteiger charge is -2.11. The number of aliphatic imine (C=N–C) groups is 1. The van der Waals surface area contributed by atoms with Crippen LogP contribution in [0, 0.1) is 0 Å². The van der Waals surface area contributed by atoms with Crippen molar-refractivity contribution < 1.29 is 15.0 Å². The minimum atomic E-state index is -0.833. The number of aromatic hydroxyl groups is 1. The number of carbonyl (C=O) groups is 1. The molecule has 4 aromatic rings. The van der Waals surface area contributed by atoms with E-state index < -0.39 is 5.97 Å². The van der Waals surface area contributed by atoms with Crippen LogP contribution in [0.4, 0.5) is 5.69 Å². The number of aromatic amines is 1. The van der Waals surface area contributed by atoms with Gasteiger partial charge in [-0.3, -0.25) is 4.79 Å². The lowest BCUT2D eigenvalue weighted by atomic mass is 9.97. The molecule has 186 valence electrons. The second-order valence-electron chi connectivity index (χ2n) is 9.17. The molecule has 0 aliphatic rings. The number of carboxylic acids is 1. The van der Waals surface area contributed by atoms with Crippen LogP contribution in [0.5, 0.6) is 5.88 Å². The Kier molecular flexibility index (Phi) is 8.23. The van der Waals surface area contributed by atoms with Gasteiger partial charge in [0.05, 0.1) is 22.5 Å². The van der Waals surface area contributed by atoms with Crippen molar-refractivity contribution in [1.29, 1.82) is 0 Å². The molecule has 0 amide bonds. The molecule has 0 atom stereocenters. The summed E-state index contributed by atoms with van der Waals surface area (Å²) in [5, 5.41) is 20.9. The number of fused-ring (bicyclic) bond motifs is 1. The van der Waals surface area contributed by atoms with Gasteiger partial charge in [0.15, 0.2) is 5.88 Å². The van der Waals surface area contributed by atoms with Gasteiger partial charge >= 0.3 is 5.97 Å². The van der Waals surface area contributed by atoms with Crippen molar-refractivity contribution in [3.8, 4) is 5.88 Å². The number of carboxylic acid groups (broad SMARTS) is 1. The molecule has 0 aliphatic carbocycles. The van der Waals surface area contributed by atoms with E-state index in [9.17, 15) is 9.90 Å². The van der Waals surface area contributed by atoms with Gasteiger partial charge in [0, 0.05) is 21.8 Å². The van der Waals surface area contributed by atoms with Crippen LogP contribution in [0.25, 0.3) is 10.9 Å². The highest BCUT2D eigenvalue weighted by Crippen LogP contribution is 2.33. The maximum atomic E-state index is 11.1. The average molecular weight is 548 g/mol. The maximum Gasteiger partial charge on any atom is 0.303 e. The highest BCUT2D eigenvalue weighted by Gasteiger charge is 2.19. The van der Waals surface area contributed by atoms with E-state index in [1.165, 1.54) is 5.56 Å². The number of hydrogen-bond donors (Lipinski definition) is 3. The van der Waals surface area contributed by atoms with Crippen molar-refractivity contribution in [2.75, 3.05) is 20.6 Å². The van der Waals surface area contributed by atoms with Crippen LogP contribution in [0.1, 0.15) is 35.1 Å². The monoisotopic (exact) mass is 547 g/mol. The van der Waals surface area contributed by atoms with E-state index in [1.807, 2.05) is 54.6 Å². The highest BCUT2D eigenvalue weighted by molar-refractivity contribution is 9.10. The molecule has 1 heterocycles. The van der Waals surface area contributed by atoms with Crippen LogP contribution in [-0.4, -0.2) is 52.4 Å². The molecule has 6 nitrogen and oxygen atoms in total. The van der Waals surface area contributed by atoms with E-state index in [4.69, 9.17) is 10.1 Å². The van der Waals surface area contributed by atoms with Gasteiger partial charge < -0.3 is 20.1 Å². The number of aryl methyl sites for hydroxylation is 2. The van der Waals surface area contributed by atoms with Gasteiger partial charge in [-0.2, -0.15) is 0 Å². The van der Waals surface area contributed by atoms with Gasteiger partial charge in [-0.1, -0.05) is 52.3 Å². The van der Waals surface area contributed by atoms with Crippen molar-refractivity contribution in [3.05, 3.63) is 93.5 Å². The van der Waals surface area contributed by atoms with Gasteiger partial charge in [-0.25, -0.2) is 4.99 Å². The molecule has 0 saturated carbocycles. The number of halogens is 1. The summed E-state index contributed by atoms with van der Waals surface area (Å²) in [5.74, 6) is -0.792. The van der Waals surface area contributed by atoms with Crippen LogP contribution in [0.2, 0.25) is 0 Å². The standard InChI is InChI=1S/C29H30BrN3O3/c1-33(2)15-5-8-19-7-4-10-23(17-19)31-28(21-9-3-6-20(16-21)11-14-26(34)35)27-24-13-12-22(30)18-25(24)32-29(27)36/h3-4,6-7,9-10,12-13,16-18,32,36H,5,8,11,14-15H2,1-2H3,(H,34,35). The second kappa shape index (κ2) is 11.5. The van der Waals surface area contributed by atoms with Crippen molar-refractivity contribution in [2.24, 2.45) is 4.99 Å². The molecule has 36 heavy (non-hydrogen) atoms. The Balaban J connectivity index is 1.81. The minimum Gasteiger partial charge on any atom is -0.494 e. The average Bonchev–Trinajstić information content (AvgIpc) is 3.16. The zero-order valence-corrected chi connectivity index (χ0v) is 22.0. The number of aliphatic carboxylic acids is 1. The molecule has 3 aromatic carbocycles. The summed E-state index contributed by atoms with van der Waals surface area (Å²) in [4.78, 5) is 21.4. The summed E-state index contributed by atoms with van der Waals surface area (Å²) in [6, 6.07) is 21.7. The topological polar surface area (TPSA) is 88.9 Å². The molecule has 0 saturated heterocycles. The zero-order chi connectivity index (χ0) is 25.7. The predicted molar refractivity (Wildman–Crippen MR) is 149 cm³/mol. The molecule has 0 unspecified atom stereocenters. The Bertz CT molecular complexity index is 1410. The van der Waals surface area contributed by atoms with Gasteiger partial charge in [0.25, 0.3) is 0 Å². The molecule has 0 aliphatic heterocycles. The molecular weight excluding hydrogens is 518 g/mol.